The second-order valence-electron chi connectivity index (χ2n) is 7.57. The van der Waals surface area contributed by atoms with Crippen molar-refractivity contribution in [2.75, 3.05) is 29.9 Å². The van der Waals surface area contributed by atoms with Crippen molar-refractivity contribution in [3.63, 3.8) is 0 Å². The molecular formula is C24H31N3O3. The van der Waals surface area contributed by atoms with Crippen LogP contribution in [0.4, 0.5) is 11.4 Å². The fourth-order valence-corrected chi connectivity index (χ4v) is 3.55. The Labute approximate surface area is 178 Å². The molecule has 1 N–H and O–H groups in total. The summed E-state index contributed by atoms with van der Waals surface area (Å²) in [5.41, 5.74) is 2.32. The zero-order chi connectivity index (χ0) is 21.7. The van der Waals surface area contributed by atoms with Crippen molar-refractivity contribution in [3.8, 4) is 5.75 Å². The van der Waals surface area contributed by atoms with Gasteiger partial charge in [-0.15, -0.1) is 0 Å². The van der Waals surface area contributed by atoms with E-state index in [1.807, 2.05) is 63.4 Å². The lowest BCUT2D eigenvalue weighted by Gasteiger charge is -2.34. The van der Waals surface area contributed by atoms with Gasteiger partial charge in [0.2, 0.25) is 0 Å². The van der Waals surface area contributed by atoms with E-state index in [1.54, 1.807) is 11.0 Å². The number of benzene rings is 2. The van der Waals surface area contributed by atoms with Crippen molar-refractivity contribution >= 4 is 23.2 Å². The molecule has 0 aliphatic carbocycles. The fraction of sp³-hybridized carbons (Fsp3) is 0.417. The van der Waals surface area contributed by atoms with Gasteiger partial charge in [-0.3, -0.25) is 9.59 Å². The number of carbonyl (C=O) groups excluding carboxylic acids is 2. The van der Waals surface area contributed by atoms with E-state index in [4.69, 9.17) is 4.74 Å². The van der Waals surface area contributed by atoms with Crippen LogP contribution >= 0.6 is 0 Å². The Morgan fingerprint density at radius 3 is 2.40 bits per heavy atom. The van der Waals surface area contributed by atoms with Gasteiger partial charge in [0.15, 0.2) is 6.10 Å². The molecule has 0 radical (unpaired) electrons. The first-order valence-electron chi connectivity index (χ1n) is 10.7. The first-order valence-corrected chi connectivity index (χ1v) is 10.7. The smallest absolute Gasteiger partial charge is 0.263 e. The highest BCUT2D eigenvalue weighted by atomic mass is 16.5. The lowest BCUT2D eigenvalue weighted by atomic mass is 10.1. The molecule has 2 amide bonds. The van der Waals surface area contributed by atoms with Crippen molar-refractivity contribution in [1.82, 2.24) is 5.32 Å². The number of hydrogen-bond acceptors (Lipinski definition) is 4. The van der Waals surface area contributed by atoms with E-state index >= 15 is 0 Å². The van der Waals surface area contributed by atoms with Crippen LogP contribution in [-0.4, -0.2) is 44.1 Å². The third kappa shape index (κ3) is 4.58. The van der Waals surface area contributed by atoms with E-state index in [9.17, 15) is 9.59 Å². The molecule has 0 bridgehead atoms. The molecule has 2 aromatic rings. The maximum Gasteiger partial charge on any atom is 0.263 e. The summed E-state index contributed by atoms with van der Waals surface area (Å²) in [6.45, 7) is 7.23. The van der Waals surface area contributed by atoms with Gasteiger partial charge in [-0.1, -0.05) is 26.0 Å². The molecule has 3 rings (SSSR count). The predicted octanol–water partition coefficient (Wildman–Crippen LogP) is 3.86. The molecule has 0 saturated heterocycles. The summed E-state index contributed by atoms with van der Waals surface area (Å²) in [6.07, 6.45) is 0.967. The molecule has 2 aromatic carbocycles. The van der Waals surface area contributed by atoms with Gasteiger partial charge in [-0.05, 0) is 56.2 Å². The Morgan fingerprint density at radius 1 is 1.10 bits per heavy atom. The first kappa shape index (κ1) is 21.7. The van der Waals surface area contributed by atoms with Gasteiger partial charge < -0.3 is 19.9 Å². The Balaban J connectivity index is 1.85. The molecule has 0 fully saturated rings. The molecule has 1 aliphatic rings. The lowest BCUT2D eigenvalue weighted by molar-refractivity contribution is -0.128. The van der Waals surface area contributed by atoms with Crippen LogP contribution in [0, 0.1) is 0 Å². The first-order chi connectivity index (χ1) is 14.5. The summed E-state index contributed by atoms with van der Waals surface area (Å²) in [6, 6.07) is 15.0. The molecule has 1 aliphatic heterocycles. The third-order valence-electron chi connectivity index (χ3n) is 5.67. The summed E-state index contributed by atoms with van der Waals surface area (Å²) in [4.78, 5) is 29.9. The Hall–Kier alpha value is -3.02. The maximum atomic E-state index is 13.3. The highest BCUT2D eigenvalue weighted by Crippen LogP contribution is 2.34. The number of carbonyl (C=O) groups is 2. The molecular weight excluding hydrogens is 378 g/mol. The van der Waals surface area contributed by atoms with Crippen LogP contribution in [0.25, 0.3) is 0 Å². The molecule has 1 heterocycles. The van der Waals surface area contributed by atoms with E-state index < -0.39 is 6.10 Å². The number of anilines is 2. The van der Waals surface area contributed by atoms with Gasteiger partial charge >= 0.3 is 0 Å². The Kier molecular flexibility index (Phi) is 6.98. The predicted molar refractivity (Wildman–Crippen MR) is 120 cm³/mol. The second kappa shape index (κ2) is 9.65. The zero-order valence-electron chi connectivity index (χ0n) is 18.2. The molecule has 160 valence electrons. The molecule has 1 atom stereocenters. The SMILES string of the molecule is CCC(CC)NC(=O)C1CN(C(=O)c2ccc(N(C)CC)cc2)c2ccccc2O1. The minimum absolute atomic E-state index is 0.102. The molecule has 0 aromatic heterocycles. The van der Waals surface area contributed by atoms with Gasteiger partial charge in [0, 0.05) is 30.9 Å². The summed E-state index contributed by atoms with van der Waals surface area (Å²) < 4.78 is 5.95. The van der Waals surface area contributed by atoms with Crippen molar-refractivity contribution in [3.05, 3.63) is 54.1 Å². The van der Waals surface area contributed by atoms with Crippen LogP contribution in [0.3, 0.4) is 0 Å². The van der Waals surface area contributed by atoms with Gasteiger partial charge in [0.1, 0.15) is 5.75 Å². The molecule has 30 heavy (non-hydrogen) atoms. The maximum absolute atomic E-state index is 13.3. The van der Waals surface area contributed by atoms with Crippen LogP contribution in [-0.2, 0) is 4.79 Å². The van der Waals surface area contributed by atoms with E-state index in [0.717, 1.165) is 25.1 Å². The molecule has 6 nitrogen and oxygen atoms in total. The quantitative estimate of drug-likeness (QED) is 0.754. The minimum atomic E-state index is -0.741. The average Bonchev–Trinajstić information content (AvgIpc) is 2.80. The summed E-state index contributed by atoms with van der Waals surface area (Å²) in [5, 5.41) is 3.04. The van der Waals surface area contributed by atoms with Crippen LogP contribution < -0.4 is 19.9 Å². The van der Waals surface area contributed by atoms with E-state index in [2.05, 4.69) is 17.1 Å². The normalized spacial score (nSPS) is 15.4. The zero-order valence-corrected chi connectivity index (χ0v) is 18.2. The average molecular weight is 410 g/mol. The van der Waals surface area contributed by atoms with Crippen molar-refractivity contribution in [1.29, 1.82) is 0 Å². The van der Waals surface area contributed by atoms with E-state index in [0.29, 0.717) is 17.0 Å². The van der Waals surface area contributed by atoms with Gasteiger partial charge in [0.05, 0.1) is 12.2 Å². The van der Waals surface area contributed by atoms with Crippen molar-refractivity contribution in [2.45, 2.75) is 45.8 Å². The highest BCUT2D eigenvalue weighted by molar-refractivity contribution is 6.08. The van der Waals surface area contributed by atoms with Crippen LogP contribution in [0.5, 0.6) is 5.75 Å². The van der Waals surface area contributed by atoms with Crippen LogP contribution in [0.1, 0.15) is 44.0 Å². The van der Waals surface area contributed by atoms with E-state index in [1.165, 1.54) is 0 Å². The summed E-state index contributed by atoms with van der Waals surface area (Å²) in [7, 11) is 2.01. The number of nitrogens with one attached hydrogen (secondary N) is 1. The van der Waals surface area contributed by atoms with Gasteiger partial charge in [-0.2, -0.15) is 0 Å². The molecule has 0 saturated carbocycles. The summed E-state index contributed by atoms with van der Waals surface area (Å²) in [5.74, 6) is 0.219. The number of rotatable bonds is 7. The standard InChI is InChI=1S/C24H31N3O3/c1-5-18(6-2)25-23(28)22-16-27(20-10-8-9-11-21(20)30-22)24(29)17-12-14-19(15-13-17)26(4)7-3/h8-15,18,22H,5-7,16H2,1-4H3,(H,25,28). The number of hydrogen-bond donors (Lipinski definition) is 1. The largest absolute Gasteiger partial charge is 0.477 e. The number of ether oxygens (including phenoxy) is 1. The number of para-hydroxylation sites is 2. The van der Waals surface area contributed by atoms with Crippen molar-refractivity contribution < 1.29 is 14.3 Å². The summed E-state index contributed by atoms with van der Waals surface area (Å²) >= 11 is 0. The Morgan fingerprint density at radius 2 is 1.77 bits per heavy atom. The Bertz CT molecular complexity index is 878. The second-order valence-corrected chi connectivity index (χ2v) is 7.57. The number of amides is 2. The van der Waals surface area contributed by atoms with E-state index in [-0.39, 0.29) is 24.4 Å². The highest BCUT2D eigenvalue weighted by Gasteiger charge is 2.34. The van der Waals surface area contributed by atoms with Crippen LogP contribution in [0.2, 0.25) is 0 Å². The lowest BCUT2D eigenvalue weighted by Crippen LogP contribution is -2.52. The monoisotopic (exact) mass is 409 g/mol. The number of fused-ring (bicyclic) bond motifs is 1. The van der Waals surface area contributed by atoms with Crippen molar-refractivity contribution in [2.24, 2.45) is 0 Å². The molecule has 0 spiro atoms. The topological polar surface area (TPSA) is 61.9 Å². The third-order valence-corrected chi connectivity index (χ3v) is 5.67. The fourth-order valence-electron chi connectivity index (χ4n) is 3.55. The molecule has 6 heteroatoms. The minimum Gasteiger partial charge on any atom is -0.477 e. The van der Waals surface area contributed by atoms with Gasteiger partial charge in [0.25, 0.3) is 11.8 Å². The van der Waals surface area contributed by atoms with Crippen LogP contribution in [0.15, 0.2) is 48.5 Å². The molecule has 1 unspecified atom stereocenters. The van der Waals surface area contributed by atoms with Gasteiger partial charge in [-0.25, -0.2) is 0 Å². The number of nitrogens with zero attached hydrogens (tertiary/aromatic N) is 2.